The predicted octanol–water partition coefficient (Wildman–Crippen LogP) is 3.07. The summed E-state index contributed by atoms with van der Waals surface area (Å²) in [6, 6.07) is 5.51. The molecule has 1 fully saturated rings. The highest BCUT2D eigenvalue weighted by Gasteiger charge is 2.27. The Kier molecular flexibility index (Phi) is 4.83. The summed E-state index contributed by atoms with van der Waals surface area (Å²) in [6.07, 6.45) is 2.89. The Hall–Kier alpha value is -2.04. The number of aryl methyl sites for hydroxylation is 2. The fourth-order valence-corrected chi connectivity index (χ4v) is 2.84. The summed E-state index contributed by atoms with van der Waals surface area (Å²) >= 11 is 0. The van der Waals surface area contributed by atoms with Crippen molar-refractivity contribution in [3.63, 3.8) is 0 Å². The molecule has 2 unspecified atom stereocenters. The largest absolute Gasteiger partial charge is 0.481 e. The first-order valence-corrected chi connectivity index (χ1v) is 7.33. The van der Waals surface area contributed by atoms with Crippen molar-refractivity contribution in [2.75, 3.05) is 5.32 Å². The first-order chi connectivity index (χ1) is 9.95. The molecule has 1 aromatic rings. The first-order valence-electron chi connectivity index (χ1n) is 7.33. The van der Waals surface area contributed by atoms with E-state index in [9.17, 15) is 9.59 Å². The van der Waals surface area contributed by atoms with E-state index in [1.54, 1.807) is 0 Å². The lowest BCUT2D eigenvalue weighted by molar-refractivity contribution is -0.143. The molecular weight excluding hydrogens is 268 g/mol. The maximum Gasteiger partial charge on any atom is 0.319 e. The minimum atomic E-state index is -0.767. The number of carboxylic acid groups (broad SMARTS) is 1. The van der Waals surface area contributed by atoms with Gasteiger partial charge in [0.1, 0.15) is 0 Å². The van der Waals surface area contributed by atoms with E-state index in [2.05, 4.69) is 10.6 Å². The lowest BCUT2D eigenvalue weighted by Crippen LogP contribution is -2.42. The van der Waals surface area contributed by atoms with Gasteiger partial charge < -0.3 is 15.7 Å². The van der Waals surface area contributed by atoms with Crippen molar-refractivity contribution in [3.05, 3.63) is 29.3 Å². The van der Waals surface area contributed by atoms with Crippen LogP contribution < -0.4 is 10.6 Å². The van der Waals surface area contributed by atoms with Gasteiger partial charge in [0.05, 0.1) is 5.92 Å². The number of hydrogen-bond acceptors (Lipinski definition) is 2. The molecule has 1 aliphatic carbocycles. The fraction of sp³-hybridized carbons (Fsp3) is 0.500. The molecule has 1 aromatic carbocycles. The van der Waals surface area contributed by atoms with Crippen LogP contribution in [0.4, 0.5) is 10.5 Å². The minimum Gasteiger partial charge on any atom is -0.481 e. The molecule has 1 saturated carbocycles. The van der Waals surface area contributed by atoms with Crippen LogP contribution in [0.3, 0.4) is 0 Å². The zero-order valence-electron chi connectivity index (χ0n) is 12.5. The molecule has 0 spiro atoms. The van der Waals surface area contributed by atoms with E-state index in [1.165, 1.54) is 0 Å². The zero-order chi connectivity index (χ0) is 15.4. The van der Waals surface area contributed by atoms with E-state index in [4.69, 9.17) is 5.11 Å². The van der Waals surface area contributed by atoms with Crippen molar-refractivity contribution in [1.29, 1.82) is 0 Å². The van der Waals surface area contributed by atoms with E-state index in [1.807, 2.05) is 32.0 Å². The number of benzene rings is 1. The van der Waals surface area contributed by atoms with Gasteiger partial charge in [0.2, 0.25) is 0 Å². The van der Waals surface area contributed by atoms with Gasteiger partial charge in [-0.15, -0.1) is 0 Å². The highest BCUT2D eigenvalue weighted by molar-refractivity contribution is 5.90. The Bertz CT molecular complexity index is 542. The molecule has 0 bridgehead atoms. The second-order valence-corrected chi connectivity index (χ2v) is 5.82. The van der Waals surface area contributed by atoms with Gasteiger partial charge in [-0.05, 0) is 44.7 Å². The van der Waals surface area contributed by atoms with Crippen molar-refractivity contribution >= 4 is 17.7 Å². The number of nitrogens with one attached hydrogen (secondary N) is 2. The summed E-state index contributed by atoms with van der Waals surface area (Å²) < 4.78 is 0. The number of anilines is 1. The molecule has 21 heavy (non-hydrogen) atoms. The molecule has 5 heteroatoms. The highest BCUT2D eigenvalue weighted by Crippen LogP contribution is 2.24. The standard InChI is InChI=1S/C16H22N2O3/c1-10-6-7-14(11(2)8-10)18-16(21)17-13-5-3-4-12(9-13)15(19)20/h6-8,12-13H,3-5,9H2,1-2H3,(H,19,20)(H2,17,18,21). The lowest BCUT2D eigenvalue weighted by Gasteiger charge is -2.27. The molecule has 2 amide bonds. The average Bonchev–Trinajstić information content (AvgIpc) is 2.42. The van der Waals surface area contributed by atoms with Gasteiger partial charge in [-0.2, -0.15) is 0 Å². The summed E-state index contributed by atoms with van der Waals surface area (Å²) in [4.78, 5) is 23.0. The van der Waals surface area contributed by atoms with Crippen LogP contribution in [0.5, 0.6) is 0 Å². The highest BCUT2D eigenvalue weighted by atomic mass is 16.4. The topological polar surface area (TPSA) is 78.4 Å². The average molecular weight is 290 g/mol. The van der Waals surface area contributed by atoms with Crippen LogP contribution in [0, 0.1) is 19.8 Å². The van der Waals surface area contributed by atoms with Crippen LogP contribution in [0.1, 0.15) is 36.8 Å². The normalized spacial score (nSPS) is 21.6. The Morgan fingerprint density at radius 1 is 1.24 bits per heavy atom. The molecule has 0 aliphatic heterocycles. The molecule has 1 aliphatic rings. The molecular formula is C16H22N2O3. The van der Waals surface area contributed by atoms with Gasteiger partial charge in [0.15, 0.2) is 0 Å². The molecule has 5 nitrogen and oxygen atoms in total. The summed E-state index contributed by atoms with van der Waals surface area (Å²) in [5.74, 6) is -1.11. The number of rotatable bonds is 3. The van der Waals surface area contributed by atoms with Crippen LogP contribution in [0.2, 0.25) is 0 Å². The molecule has 2 atom stereocenters. The molecule has 0 heterocycles. The number of carbonyl (C=O) groups is 2. The summed E-state index contributed by atoms with van der Waals surface area (Å²) in [6.45, 7) is 3.95. The van der Waals surface area contributed by atoms with Crippen molar-refractivity contribution in [1.82, 2.24) is 5.32 Å². The SMILES string of the molecule is Cc1ccc(NC(=O)NC2CCCC(C(=O)O)C2)c(C)c1. The number of hydrogen-bond donors (Lipinski definition) is 3. The van der Waals surface area contributed by atoms with Gasteiger partial charge in [-0.1, -0.05) is 24.1 Å². The van der Waals surface area contributed by atoms with Crippen molar-refractivity contribution < 1.29 is 14.7 Å². The van der Waals surface area contributed by atoms with E-state index >= 15 is 0 Å². The Labute approximate surface area is 124 Å². The predicted molar refractivity (Wildman–Crippen MR) is 81.5 cm³/mol. The lowest BCUT2D eigenvalue weighted by atomic mass is 9.86. The summed E-state index contributed by atoms with van der Waals surface area (Å²) in [5.41, 5.74) is 2.94. The van der Waals surface area contributed by atoms with Gasteiger partial charge in [-0.3, -0.25) is 4.79 Å². The first kappa shape index (κ1) is 15.4. The van der Waals surface area contributed by atoms with Crippen molar-refractivity contribution in [2.45, 2.75) is 45.6 Å². The summed E-state index contributed by atoms with van der Waals surface area (Å²) in [5, 5.41) is 14.8. The molecule has 0 radical (unpaired) electrons. The van der Waals surface area contributed by atoms with Crippen LogP contribution in [-0.2, 0) is 4.79 Å². The fourth-order valence-electron chi connectivity index (χ4n) is 2.84. The molecule has 2 rings (SSSR count). The second-order valence-electron chi connectivity index (χ2n) is 5.82. The van der Waals surface area contributed by atoms with Gasteiger partial charge in [0.25, 0.3) is 0 Å². The van der Waals surface area contributed by atoms with Crippen molar-refractivity contribution in [3.8, 4) is 0 Å². The maximum absolute atomic E-state index is 12.0. The van der Waals surface area contributed by atoms with E-state index in [0.717, 1.165) is 29.7 Å². The number of carboxylic acids is 1. The smallest absolute Gasteiger partial charge is 0.319 e. The van der Waals surface area contributed by atoms with E-state index in [-0.39, 0.29) is 18.0 Å². The Balaban J connectivity index is 1.91. The quantitative estimate of drug-likeness (QED) is 0.800. The molecule has 3 N–H and O–H groups in total. The zero-order valence-corrected chi connectivity index (χ0v) is 12.5. The van der Waals surface area contributed by atoms with E-state index < -0.39 is 5.97 Å². The monoisotopic (exact) mass is 290 g/mol. The van der Waals surface area contributed by atoms with Crippen LogP contribution in [-0.4, -0.2) is 23.1 Å². The third-order valence-electron chi connectivity index (χ3n) is 3.99. The second kappa shape index (κ2) is 6.61. The number of carbonyl (C=O) groups excluding carboxylic acids is 1. The van der Waals surface area contributed by atoms with Crippen molar-refractivity contribution in [2.24, 2.45) is 5.92 Å². The number of urea groups is 1. The number of amides is 2. The molecule has 114 valence electrons. The number of aliphatic carboxylic acids is 1. The molecule has 0 saturated heterocycles. The third-order valence-corrected chi connectivity index (χ3v) is 3.99. The third kappa shape index (κ3) is 4.21. The molecule has 0 aromatic heterocycles. The van der Waals surface area contributed by atoms with Gasteiger partial charge in [-0.25, -0.2) is 4.79 Å². The van der Waals surface area contributed by atoms with E-state index in [0.29, 0.717) is 12.8 Å². The van der Waals surface area contributed by atoms with Crippen LogP contribution in [0.15, 0.2) is 18.2 Å². The Morgan fingerprint density at radius 3 is 2.67 bits per heavy atom. The maximum atomic E-state index is 12.0. The summed E-state index contributed by atoms with van der Waals surface area (Å²) in [7, 11) is 0. The minimum absolute atomic E-state index is 0.0643. The van der Waals surface area contributed by atoms with Gasteiger partial charge in [0, 0.05) is 11.7 Å². The van der Waals surface area contributed by atoms with Gasteiger partial charge >= 0.3 is 12.0 Å². The van der Waals surface area contributed by atoms with Crippen LogP contribution in [0.25, 0.3) is 0 Å². The van der Waals surface area contributed by atoms with Crippen LogP contribution >= 0.6 is 0 Å². The Morgan fingerprint density at radius 2 is 2.00 bits per heavy atom.